The molecule has 0 unspecified atom stereocenters. The molecule has 0 N–H and O–H groups in total. The van der Waals surface area contributed by atoms with Crippen LogP contribution in [0.3, 0.4) is 0 Å². The molecule has 1 aromatic heterocycles. The first-order valence-electron chi connectivity index (χ1n) is 9.75. The molecule has 0 spiro atoms. The lowest BCUT2D eigenvalue weighted by Gasteiger charge is -2.30. The van der Waals surface area contributed by atoms with Crippen molar-refractivity contribution in [2.24, 2.45) is 0 Å². The summed E-state index contributed by atoms with van der Waals surface area (Å²) in [6.45, 7) is 4.20. The Morgan fingerprint density at radius 2 is 1.70 bits per heavy atom. The molecule has 1 aliphatic heterocycles. The van der Waals surface area contributed by atoms with Crippen LogP contribution >= 0.6 is 11.3 Å². The van der Waals surface area contributed by atoms with Crippen LogP contribution in [0, 0.1) is 13.8 Å². The van der Waals surface area contributed by atoms with Crippen LogP contribution in [0.2, 0.25) is 0 Å². The SMILES string of the molecule is Cc1cc(C)cc(N(C(=O)[C@H]2COc3ccccc3O2)c2nc3ccccc3s2)c1. The second kappa shape index (κ2) is 7.46. The van der Waals surface area contributed by atoms with E-state index in [0.717, 1.165) is 27.0 Å². The minimum Gasteiger partial charge on any atom is -0.485 e. The molecule has 1 aliphatic rings. The van der Waals surface area contributed by atoms with E-state index < -0.39 is 6.10 Å². The zero-order valence-corrected chi connectivity index (χ0v) is 17.5. The molecule has 0 saturated carbocycles. The van der Waals surface area contributed by atoms with Gasteiger partial charge in [0.2, 0.25) is 6.10 Å². The maximum Gasteiger partial charge on any atom is 0.278 e. The number of anilines is 2. The number of para-hydroxylation sites is 3. The normalized spacial score (nSPS) is 15.2. The van der Waals surface area contributed by atoms with E-state index in [4.69, 9.17) is 14.5 Å². The Morgan fingerprint density at radius 1 is 1.00 bits per heavy atom. The number of hydrogen-bond donors (Lipinski definition) is 0. The van der Waals surface area contributed by atoms with E-state index in [1.54, 1.807) is 4.90 Å². The average Bonchev–Trinajstić information content (AvgIpc) is 3.16. The average molecular weight is 417 g/mol. The Morgan fingerprint density at radius 3 is 2.47 bits per heavy atom. The maximum atomic E-state index is 13.7. The lowest BCUT2D eigenvalue weighted by Crippen LogP contribution is -2.44. The van der Waals surface area contributed by atoms with Crippen molar-refractivity contribution >= 4 is 38.3 Å². The summed E-state index contributed by atoms with van der Waals surface area (Å²) in [5, 5.41) is 0.619. The van der Waals surface area contributed by atoms with E-state index in [1.165, 1.54) is 11.3 Å². The third kappa shape index (κ3) is 3.39. The number of rotatable bonds is 3. The van der Waals surface area contributed by atoms with Gasteiger partial charge in [0.25, 0.3) is 5.91 Å². The van der Waals surface area contributed by atoms with Crippen LogP contribution in [0.5, 0.6) is 11.5 Å². The summed E-state index contributed by atoms with van der Waals surface area (Å²) in [6.07, 6.45) is -0.757. The smallest absolute Gasteiger partial charge is 0.278 e. The third-order valence-corrected chi connectivity index (χ3v) is 5.96. The van der Waals surface area contributed by atoms with E-state index in [9.17, 15) is 4.79 Å². The summed E-state index contributed by atoms with van der Waals surface area (Å²) in [6, 6.07) is 21.4. The summed E-state index contributed by atoms with van der Waals surface area (Å²) in [7, 11) is 0. The van der Waals surface area contributed by atoms with Gasteiger partial charge >= 0.3 is 0 Å². The third-order valence-electron chi connectivity index (χ3n) is 4.94. The number of amides is 1. The minimum absolute atomic E-state index is 0.155. The lowest BCUT2D eigenvalue weighted by atomic mass is 10.1. The predicted molar refractivity (Wildman–Crippen MR) is 119 cm³/mol. The summed E-state index contributed by atoms with van der Waals surface area (Å²) < 4.78 is 12.8. The van der Waals surface area contributed by atoms with Crippen molar-refractivity contribution in [3.63, 3.8) is 0 Å². The van der Waals surface area contributed by atoms with Crippen molar-refractivity contribution in [1.29, 1.82) is 0 Å². The van der Waals surface area contributed by atoms with Gasteiger partial charge < -0.3 is 9.47 Å². The first-order chi connectivity index (χ1) is 14.6. The molecule has 30 heavy (non-hydrogen) atoms. The number of nitrogens with zero attached hydrogens (tertiary/aromatic N) is 2. The molecular formula is C24H20N2O3S. The van der Waals surface area contributed by atoms with Crippen molar-refractivity contribution in [2.45, 2.75) is 20.0 Å². The van der Waals surface area contributed by atoms with Crippen LogP contribution in [-0.2, 0) is 4.79 Å². The van der Waals surface area contributed by atoms with E-state index >= 15 is 0 Å². The Kier molecular flexibility index (Phi) is 4.64. The van der Waals surface area contributed by atoms with Gasteiger partial charge in [0.05, 0.1) is 15.9 Å². The van der Waals surface area contributed by atoms with Crippen molar-refractivity contribution in [3.8, 4) is 11.5 Å². The molecule has 1 amide bonds. The van der Waals surface area contributed by atoms with E-state index in [-0.39, 0.29) is 12.5 Å². The van der Waals surface area contributed by atoms with Crippen LogP contribution < -0.4 is 14.4 Å². The molecule has 2 heterocycles. The van der Waals surface area contributed by atoms with Crippen LogP contribution in [0.1, 0.15) is 11.1 Å². The summed E-state index contributed by atoms with van der Waals surface area (Å²) >= 11 is 1.49. The first-order valence-corrected chi connectivity index (χ1v) is 10.6. The van der Waals surface area contributed by atoms with Crippen LogP contribution in [0.15, 0.2) is 66.7 Å². The van der Waals surface area contributed by atoms with Gasteiger partial charge in [0.15, 0.2) is 16.6 Å². The topological polar surface area (TPSA) is 51.7 Å². The van der Waals surface area contributed by atoms with Gasteiger partial charge in [-0.15, -0.1) is 0 Å². The fraction of sp³-hybridized carbons (Fsp3) is 0.167. The maximum absolute atomic E-state index is 13.7. The number of aromatic nitrogens is 1. The highest BCUT2D eigenvalue weighted by molar-refractivity contribution is 7.22. The molecule has 0 saturated heterocycles. The van der Waals surface area contributed by atoms with E-state index in [1.807, 2.05) is 74.5 Å². The number of carbonyl (C=O) groups excluding carboxylic acids is 1. The van der Waals surface area contributed by atoms with Gasteiger partial charge in [-0.25, -0.2) is 4.98 Å². The van der Waals surface area contributed by atoms with E-state index in [0.29, 0.717) is 16.6 Å². The molecule has 5 rings (SSSR count). The second-order valence-corrected chi connectivity index (χ2v) is 8.36. The number of fused-ring (bicyclic) bond motifs is 2. The summed E-state index contributed by atoms with van der Waals surface area (Å²) in [5.74, 6) is 1.03. The molecule has 1 atom stereocenters. The number of carbonyl (C=O) groups is 1. The highest BCUT2D eigenvalue weighted by Crippen LogP contribution is 2.37. The number of thiazole rings is 1. The standard InChI is InChI=1S/C24H20N2O3S/c1-15-11-16(2)13-17(12-15)26(24-25-18-7-3-6-10-22(18)30-24)23(27)21-14-28-19-8-4-5-9-20(19)29-21/h3-13,21H,14H2,1-2H3/t21-/m1/s1. The van der Waals surface area contributed by atoms with Gasteiger partial charge in [0, 0.05) is 0 Å². The predicted octanol–water partition coefficient (Wildman–Crippen LogP) is 5.42. The molecule has 0 radical (unpaired) electrons. The minimum atomic E-state index is -0.757. The Balaban J connectivity index is 1.58. The van der Waals surface area contributed by atoms with Crippen LogP contribution in [-0.4, -0.2) is 23.6 Å². The van der Waals surface area contributed by atoms with Crippen LogP contribution in [0.25, 0.3) is 10.2 Å². The second-order valence-electron chi connectivity index (χ2n) is 7.35. The van der Waals surface area contributed by atoms with Crippen LogP contribution in [0.4, 0.5) is 10.8 Å². The van der Waals surface area contributed by atoms with Crippen molar-refractivity contribution in [2.75, 3.05) is 11.5 Å². The quantitative estimate of drug-likeness (QED) is 0.448. The molecule has 0 aliphatic carbocycles. The molecule has 0 bridgehead atoms. The summed E-state index contributed by atoms with van der Waals surface area (Å²) in [4.78, 5) is 20.1. The molecule has 3 aromatic carbocycles. The Labute approximate surface area is 178 Å². The zero-order valence-electron chi connectivity index (χ0n) is 16.7. The summed E-state index contributed by atoms with van der Waals surface area (Å²) in [5.41, 5.74) is 3.80. The fourth-order valence-electron chi connectivity index (χ4n) is 3.65. The zero-order chi connectivity index (χ0) is 20.7. The Hall–Kier alpha value is -3.38. The number of aryl methyl sites for hydroxylation is 2. The van der Waals surface area contributed by atoms with E-state index in [2.05, 4.69) is 6.07 Å². The fourth-order valence-corrected chi connectivity index (χ4v) is 4.64. The molecule has 0 fully saturated rings. The first kappa shape index (κ1) is 18.6. The van der Waals surface area contributed by atoms with Crippen molar-refractivity contribution in [3.05, 3.63) is 77.9 Å². The van der Waals surface area contributed by atoms with Gasteiger partial charge in [-0.2, -0.15) is 0 Å². The monoisotopic (exact) mass is 416 g/mol. The van der Waals surface area contributed by atoms with Gasteiger partial charge in [0.1, 0.15) is 6.61 Å². The molecule has 150 valence electrons. The number of hydrogen-bond acceptors (Lipinski definition) is 5. The largest absolute Gasteiger partial charge is 0.485 e. The molecule has 6 heteroatoms. The number of ether oxygens (including phenoxy) is 2. The van der Waals surface area contributed by atoms with Gasteiger partial charge in [-0.05, 0) is 61.4 Å². The molecular weight excluding hydrogens is 396 g/mol. The van der Waals surface area contributed by atoms with Crippen molar-refractivity contribution < 1.29 is 14.3 Å². The van der Waals surface area contributed by atoms with Gasteiger partial charge in [-0.1, -0.05) is 41.7 Å². The molecule has 4 aromatic rings. The molecule has 5 nitrogen and oxygen atoms in total. The lowest BCUT2D eigenvalue weighted by molar-refractivity contribution is -0.126. The van der Waals surface area contributed by atoms with Gasteiger partial charge in [-0.3, -0.25) is 9.69 Å². The highest BCUT2D eigenvalue weighted by Gasteiger charge is 2.34. The van der Waals surface area contributed by atoms with Crippen molar-refractivity contribution in [1.82, 2.24) is 4.98 Å². The number of benzene rings is 3. The highest BCUT2D eigenvalue weighted by atomic mass is 32.1. The Bertz CT molecular complexity index is 1200.